The van der Waals surface area contributed by atoms with Gasteiger partial charge in [-0.1, -0.05) is 56.3 Å². The molecule has 0 radical (unpaired) electrons. The number of rotatable bonds is 9. The molecular formula is C25H29NO4S. The molecule has 0 aliphatic heterocycles. The minimum absolute atomic E-state index is 0.291. The van der Waals surface area contributed by atoms with Gasteiger partial charge in [-0.3, -0.25) is 0 Å². The molecule has 2 aliphatic carbocycles. The molecule has 1 aromatic carbocycles. The number of benzene rings is 1. The van der Waals surface area contributed by atoms with Crippen molar-refractivity contribution in [1.29, 1.82) is 0 Å². The van der Waals surface area contributed by atoms with Crippen LogP contribution in [0.25, 0.3) is 11.1 Å². The quantitative estimate of drug-likeness (QED) is 0.462. The summed E-state index contributed by atoms with van der Waals surface area (Å²) in [6.07, 6.45) is 2.15. The van der Waals surface area contributed by atoms with Crippen LogP contribution in [0.1, 0.15) is 54.1 Å². The molecule has 1 aromatic rings. The van der Waals surface area contributed by atoms with Crippen molar-refractivity contribution in [1.82, 2.24) is 4.31 Å². The molecule has 31 heavy (non-hydrogen) atoms. The number of fused-ring (bicyclic) bond motifs is 1. The van der Waals surface area contributed by atoms with E-state index >= 15 is 0 Å². The van der Waals surface area contributed by atoms with Crippen LogP contribution < -0.4 is 0 Å². The van der Waals surface area contributed by atoms with E-state index < -0.39 is 16.0 Å². The first-order chi connectivity index (χ1) is 14.7. The summed E-state index contributed by atoms with van der Waals surface area (Å²) in [5, 5.41) is 9.63. The van der Waals surface area contributed by atoms with Gasteiger partial charge in [-0.2, -0.15) is 0 Å². The summed E-state index contributed by atoms with van der Waals surface area (Å²) in [4.78, 5) is 12.0. The number of carboxylic acid groups (broad SMARTS) is 1. The maximum Gasteiger partial charge on any atom is 0.336 e. The van der Waals surface area contributed by atoms with Gasteiger partial charge in [0, 0.05) is 13.6 Å². The second-order valence-corrected chi connectivity index (χ2v) is 10.2. The molecule has 164 valence electrons. The molecule has 0 atom stereocenters. The smallest absolute Gasteiger partial charge is 0.336 e. The number of hydrogen-bond acceptors (Lipinski definition) is 3. The number of aryl methyl sites for hydroxylation is 1. The number of hydrogen-bond donors (Lipinski definition) is 1. The average Bonchev–Trinajstić information content (AvgIpc) is 2.93. The third kappa shape index (κ3) is 5.14. The number of carbonyl (C=O) groups is 1. The van der Waals surface area contributed by atoms with Crippen LogP contribution in [0.4, 0.5) is 0 Å². The van der Waals surface area contributed by atoms with Crippen LogP contribution in [-0.2, 0) is 16.4 Å². The van der Waals surface area contributed by atoms with E-state index in [1.165, 1.54) is 4.31 Å². The van der Waals surface area contributed by atoms with Crippen molar-refractivity contribution in [2.24, 2.45) is 0 Å². The van der Waals surface area contributed by atoms with Gasteiger partial charge in [-0.05, 0) is 65.6 Å². The fourth-order valence-corrected chi connectivity index (χ4v) is 4.98. The van der Waals surface area contributed by atoms with Crippen LogP contribution in [-0.4, -0.2) is 37.4 Å². The van der Waals surface area contributed by atoms with Gasteiger partial charge in [0.25, 0.3) is 0 Å². The molecule has 0 unspecified atom stereocenters. The van der Waals surface area contributed by atoms with Crippen molar-refractivity contribution in [2.75, 3.05) is 13.6 Å². The number of sulfonamides is 1. The molecule has 0 saturated carbocycles. The summed E-state index contributed by atoms with van der Waals surface area (Å²) in [6.45, 7) is 4.63. The monoisotopic (exact) mass is 439 g/mol. The third-order valence-electron chi connectivity index (χ3n) is 5.65. The Morgan fingerprint density at radius 1 is 0.968 bits per heavy atom. The van der Waals surface area contributed by atoms with Gasteiger partial charge in [-0.15, -0.1) is 0 Å². The zero-order valence-electron chi connectivity index (χ0n) is 18.2. The summed E-state index contributed by atoms with van der Waals surface area (Å²) in [5.74, 6) is -0.572. The highest BCUT2D eigenvalue weighted by atomic mass is 32.2. The van der Waals surface area contributed by atoms with Crippen LogP contribution in [0.15, 0.2) is 65.6 Å². The normalized spacial score (nSPS) is 12.0. The van der Waals surface area contributed by atoms with Gasteiger partial charge in [-0.25, -0.2) is 17.5 Å². The van der Waals surface area contributed by atoms with Crippen LogP contribution in [0.2, 0.25) is 0 Å². The summed E-state index contributed by atoms with van der Waals surface area (Å²) < 4.78 is 26.6. The summed E-state index contributed by atoms with van der Waals surface area (Å²) in [5.41, 5.74) is 4.17. The van der Waals surface area contributed by atoms with Gasteiger partial charge in [0.15, 0.2) is 0 Å². The number of carboxylic acids is 1. The van der Waals surface area contributed by atoms with Crippen molar-refractivity contribution < 1.29 is 18.3 Å². The predicted octanol–water partition coefficient (Wildman–Crippen LogP) is 5.26. The first kappa shape index (κ1) is 23.0. The Morgan fingerprint density at radius 3 is 2.23 bits per heavy atom. The zero-order valence-corrected chi connectivity index (χ0v) is 19.0. The Hall–Kier alpha value is -2.70. The van der Waals surface area contributed by atoms with Gasteiger partial charge < -0.3 is 5.11 Å². The lowest BCUT2D eigenvalue weighted by molar-refractivity contribution is 0.0698. The minimum Gasteiger partial charge on any atom is -0.478 e. The second-order valence-electron chi connectivity index (χ2n) is 8.13. The number of aromatic carboxylic acids is 1. The van der Waals surface area contributed by atoms with Crippen LogP contribution in [0.3, 0.4) is 0 Å². The fourth-order valence-electron chi connectivity index (χ4n) is 3.75. The van der Waals surface area contributed by atoms with E-state index in [1.54, 1.807) is 43.4 Å². The van der Waals surface area contributed by atoms with Gasteiger partial charge in [0.2, 0.25) is 10.0 Å². The highest BCUT2D eigenvalue weighted by Crippen LogP contribution is 2.34. The lowest BCUT2D eigenvalue weighted by Crippen LogP contribution is -2.28. The van der Waals surface area contributed by atoms with Gasteiger partial charge in [0.05, 0.1) is 10.5 Å². The Labute approximate surface area is 184 Å². The SMILES string of the molecule is CC(C)c1ccc2c(CCCCN(C)S(=O)(=O)c3ccccc3)cc(C(=O)O)c-2cc1. The van der Waals surface area contributed by atoms with Crippen LogP contribution >= 0.6 is 0 Å². The number of unbranched alkanes of at least 4 members (excludes halogenated alkanes) is 1. The van der Waals surface area contributed by atoms with Crippen LogP contribution in [0.5, 0.6) is 0 Å². The molecule has 0 bridgehead atoms. The molecule has 2 aliphatic rings. The Balaban J connectivity index is 1.70. The Morgan fingerprint density at radius 2 is 1.61 bits per heavy atom. The van der Waals surface area contributed by atoms with Gasteiger partial charge >= 0.3 is 5.97 Å². The van der Waals surface area contributed by atoms with Crippen LogP contribution in [0, 0.1) is 0 Å². The molecule has 0 heterocycles. The molecule has 0 saturated heterocycles. The molecule has 6 heteroatoms. The molecular weight excluding hydrogens is 410 g/mol. The maximum atomic E-state index is 12.6. The average molecular weight is 440 g/mol. The highest BCUT2D eigenvalue weighted by Gasteiger charge is 2.21. The fraction of sp³-hybridized carbons (Fsp3) is 0.320. The van der Waals surface area contributed by atoms with Crippen molar-refractivity contribution in [3.8, 4) is 11.1 Å². The maximum absolute atomic E-state index is 12.6. The highest BCUT2D eigenvalue weighted by molar-refractivity contribution is 7.89. The Kier molecular flexibility index (Phi) is 7.13. The van der Waals surface area contributed by atoms with E-state index in [4.69, 9.17) is 0 Å². The van der Waals surface area contributed by atoms with E-state index in [0.717, 1.165) is 28.7 Å². The predicted molar refractivity (Wildman–Crippen MR) is 123 cm³/mol. The number of nitrogens with zero attached hydrogens (tertiary/aromatic N) is 1. The lowest BCUT2D eigenvalue weighted by atomic mass is 10.0. The van der Waals surface area contributed by atoms with Crippen molar-refractivity contribution in [2.45, 2.75) is 43.9 Å². The molecule has 0 spiro atoms. The summed E-state index contributed by atoms with van der Waals surface area (Å²) >= 11 is 0. The minimum atomic E-state index is -3.49. The molecule has 3 rings (SSSR count). The first-order valence-corrected chi connectivity index (χ1v) is 12.0. The van der Waals surface area contributed by atoms with Crippen molar-refractivity contribution in [3.05, 3.63) is 77.4 Å². The topological polar surface area (TPSA) is 74.7 Å². The van der Waals surface area contributed by atoms with E-state index in [9.17, 15) is 18.3 Å². The van der Waals surface area contributed by atoms with E-state index in [2.05, 4.69) is 19.9 Å². The largest absolute Gasteiger partial charge is 0.478 e. The second kappa shape index (κ2) is 9.62. The standard InChI is InChI=1S/C25H29NO4S/c1-18(2)19-12-14-22-20(17-24(25(27)28)23(22)15-13-19)9-7-8-16-26(3)31(29,30)21-10-5-4-6-11-21/h4-6,10-15,17-18H,7-9,16H2,1-3H3,(H,27,28). The summed E-state index contributed by atoms with van der Waals surface area (Å²) in [6, 6.07) is 18.1. The zero-order chi connectivity index (χ0) is 22.6. The molecule has 5 nitrogen and oxygen atoms in total. The molecule has 0 aromatic heterocycles. The first-order valence-electron chi connectivity index (χ1n) is 10.5. The third-order valence-corrected chi connectivity index (χ3v) is 7.52. The van der Waals surface area contributed by atoms with Crippen molar-refractivity contribution in [3.63, 3.8) is 0 Å². The lowest BCUT2D eigenvalue weighted by Gasteiger charge is -2.17. The molecule has 0 fully saturated rings. The van der Waals surface area contributed by atoms with E-state index in [-0.39, 0.29) is 0 Å². The summed E-state index contributed by atoms with van der Waals surface area (Å²) in [7, 11) is -1.90. The Bertz CT molecular complexity index is 1120. The van der Waals surface area contributed by atoms with E-state index in [0.29, 0.717) is 35.8 Å². The van der Waals surface area contributed by atoms with E-state index in [1.807, 2.05) is 18.2 Å². The van der Waals surface area contributed by atoms with Crippen molar-refractivity contribution >= 4 is 16.0 Å². The molecule has 0 amide bonds. The van der Waals surface area contributed by atoms with Gasteiger partial charge in [0.1, 0.15) is 0 Å². The molecule has 1 N–H and O–H groups in total.